The highest BCUT2D eigenvalue weighted by atomic mass is 19.1. The van der Waals surface area contributed by atoms with Gasteiger partial charge in [-0.1, -0.05) is 18.2 Å². The molecule has 0 bridgehead atoms. The summed E-state index contributed by atoms with van der Waals surface area (Å²) < 4.78 is 25.8. The Morgan fingerprint density at radius 3 is 2.81 bits per heavy atom. The molecule has 6 rings (SSSR count). The van der Waals surface area contributed by atoms with Crippen LogP contribution >= 0.6 is 0 Å². The normalized spacial score (nSPS) is 22.8. The quantitative estimate of drug-likeness (QED) is 0.554. The highest BCUT2D eigenvalue weighted by Crippen LogP contribution is 2.48. The summed E-state index contributed by atoms with van der Waals surface area (Å²) in [5.41, 5.74) is 7.22. The van der Waals surface area contributed by atoms with Crippen LogP contribution in [-0.4, -0.2) is 28.0 Å². The van der Waals surface area contributed by atoms with E-state index in [1.54, 1.807) is 0 Å². The van der Waals surface area contributed by atoms with E-state index in [-0.39, 0.29) is 17.8 Å². The van der Waals surface area contributed by atoms with E-state index >= 15 is 4.39 Å². The molecule has 4 heteroatoms. The number of fused-ring (bicyclic) bond motifs is 5. The molecule has 3 aromatic rings. The van der Waals surface area contributed by atoms with E-state index in [1.165, 1.54) is 5.71 Å². The van der Waals surface area contributed by atoms with Crippen molar-refractivity contribution in [1.82, 2.24) is 4.57 Å². The Morgan fingerprint density at radius 1 is 1.15 bits per heavy atom. The zero-order chi connectivity index (χ0) is 17.7. The van der Waals surface area contributed by atoms with Gasteiger partial charge in [0.25, 0.3) is 0 Å². The summed E-state index contributed by atoms with van der Waals surface area (Å²) in [4.78, 5) is 0. The minimum Gasteiger partial charge on any atom is -0.491 e. The maximum atomic E-state index is 15.4. The van der Waals surface area contributed by atoms with Crippen LogP contribution in [0.1, 0.15) is 16.7 Å². The number of ether oxygens (including phenoxy) is 1. The number of nitrogens with zero attached hydrogens (tertiary/aromatic N) is 2. The SMILES string of the molecule is Cc1c(C)c2c3c(c1F)c1ccccc1n3C1=COC3C=C[N+](C)=C2C13. The number of hydrogen-bond acceptors (Lipinski definition) is 1. The minimum atomic E-state index is -0.111. The second kappa shape index (κ2) is 4.44. The van der Waals surface area contributed by atoms with Crippen LogP contribution in [0.4, 0.5) is 4.39 Å². The molecular formula is C22H18FN2O+. The van der Waals surface area contributed by atoms with Crippen LogP contribution < -0.4 is 0 Å². The lowest BCUT2D eigenvalue weighted by molar-refractivity contribution is -0.427. The lowest BCUT2D eigenvalue weighted by Crippen LogP contribution is -2.38. The van der Waals surface area contributed by atoms with Crippen molar-refractivity contribution in [2.24, 2.45) is 5.92 Å². The maximum Gasteiger partial charge on any atom is 0.204 e. The van der Waals surface area contributed by atoms with E-state index in [0.717, 1.165) is 44.2 Å². The average Bonchev–Trinajstić information content (AvgIpc) is 3.21. The third kappa shape index (κ3) is 1.40. The minimum absolute atomic E-state index is 0.00493. The summed E-state index contributed by atoms with van der Waals surface area (Å²) in [6, 6.07) is 8.09. The summed E-state index contributed by atoms with van der Waals surface area (Å²) in [6.07, 6.45) is 6.04. The molecule has 0 N–H and O–H groups in total. The van der Waals surface area contributed by atoms with E-state index in [0.29, 0.717) is 0 Å². The molecule has 4 heterocycles. The van der Waals surface area contributed by atoms with Gasteiger partial charge in [-0.2, -0.15) is 0 Å². The van der Waals surface area contributed by atoms with Gasteiger partial charge >= 0.3 is 0 Å². The van der Waals surface area contributed by atoms with Crippen molar-refractivity contribution in [3.8, 4) is 0 Å². The van der Waals surface area contributed by atoms with Crippen molar-refractivity contribution < 1.29 is 13.7 Å². The molecule has 0 spiro atoms. The van der Waals surface area contributed by atoms with Crippen LogP contribution in [-0.2, 0) is 4.74 Å². The van der Waals surface area contributed by atoms with E-state index in [2.05, 4.69) is 34.5 Å². The van der Waals surface area contributed by atoms with Crippen LogP contribution in [0.3, 0.4) is 0 Å². The predicted octanol–water partition coefficient (Wildman–Crippen LogP) is 4.34. The van der Waals surface area contributed by atoms with Gasteiger partial charge in [-0.25, -0.2) is 8.97 Å². The molecule has 0 fully saturated rings. The molecule has 2 atom stereocenters. The number of benzene rings is 2. The Hall–Kier alpha value is -2.88. The Bertz CT molecular complexity index is 1260. The van der Waals surface area contributed by atoms with Crippen molar-refractivity contribution >= 4 is 33.2 Å². The predicted molar refractivity (Wildman–Crippen MR) is 101 cm³/mol. The van der Waals surface area contributed by atoms with Gasteiger partial charge in [0.05, 0.1) is 22.3 Å². The highest BCUT2D eigenvalue weighted by molar-refractivity contribution is 6.24. The van der Waals surface area contributed by atoms with Gasteiger partial charge in [-0.3, -0.25) is 0 Å². The molecule has 0 saturated carbocycles. The molecule has 0 saturated heterocycles. The van der Waals surface area contributed by atoms with Crippen LogP contribution in [0.2, 0.25) is 0 Å². The number of rotatable bonds is 0. The fourth-order valence-electron chi connectivity index (χ4n) is 4.96. The molecule has 128 valence electrons. The molecule has 0 amide bonds. The van der Waals surface area contributed by atoms with Crippen molar-refractivity contribution in [2.45, 2.75) is 20.0 Å². The van der Waals surface area contributed by atoms with E-state index in [4.69, 9.17) is 4.74 Å². The lowest BCUT2D eigenvalue weighted by Gasteiger charge is -2.29. The van der Waals surface area contributed by atoms with Gasteiger partial charge < -0.3 is 9.30 Å². The fraction of sp³-hybridized carbons (Fsp3) is 0.227. The molecule has 3 aliphatic heterocycles. The Kier molecular flexibility index (Phi) is 2.45. The molecule has 2 unspecified atom stereocenters. The summed E-state index contributed by atoms with van der Waals surface area (Å²) in [5.74, 6) is 0.0281. The van der Waals surface area contributed by atoms with Crippen molar-refractivity contribution in [3.63, 3.8) is 0 Å². The zero-order valence-electron chi connectivity index (χ0n) is 14.9. The van der Waals surface area contributed by atoms with Crippen LogP contribution in [0.25, 0.3) is 27.5 Å². The first kappa shape index (κ1) is 14.3. The Morgan fingerprint density at radius 2 is 1.96 bits per heavy atom. The molecule has 3 aliphatic rings. The summed E-state index contributed by atoms with van der Waals surface area (Å²) >= 11 is 0. The van der Waals surface area contributed by atoms with Crippen LogP contribution in [0.15, 0.2) is 42.8 Å². The summed E-state index contributed by atoms with van der Waals surface area (Å²) in [6.45, 7) is 3.92. The smallest absolute Gasteiger partial charge is 0.204 e. The zero-order valence-corrected chi connectivity index (χ0v) is 14.9. The maximum absolute atomic E-state index is 15.4. The van der Waals surface area contributed by atoms with Gasteiger partial charge in [-0.15, -0.1) is 0 Å². The van der Waals surface area contributed by atoms with Gasteiger partial charge in [-0.05, 0) is 31.0 Å². The first-order valence-electron chi connectivity index (χ1n) is 8.95. The molecule has 3 nitrogen and oxygen atoms in total. The Balaban J connectivity index is 1.97. The highest BCUT2D eigenvalue weighted by Gasteiger charge is 2.48. The van der Waals surface area contributed by atoms with E-state index in [1.807, 2.05) is 38.3 Å². The molecular weight excluding hydrogens is 327 g/mol. The van der Waals surface area contributed by atoms with Crippen LogP contribution in [0.5, 0.6) is 0 Å². The number of para-hydroxylation sites is 1. The van der Waals surface area contributed by atoms with E-state index < -0.39 is 0 Å². The molecule has 1 aromatic heterocycles. The van der Waals surface area contributed by atoms with Gasteiger partial charge in [0.1, 0.15) is 31.1 Å². The Labute approximate surface area is 150 Å². The third-order valence-corrected chi connectivity index (χ3v) is 6.28. The number of hydrogen-bond donors (Lipinski definition) is 0. The van der Waals surface area contributed by atoms with Crippen molar-refractivity contribution in [1.29, 1.82) is 0 Å². The molecule has 26 heavy (non-hydrogen) atoms. The second-order valence-electron chi connectivity index (χ2n) is 7.47. The van der Waals surface area contributed by atoms with Gasteiger partial charge in [0.15, 0.2) is 6.20 Å². The monoisotopic (exact) mass is 345 g/mol. The number of halogens is 1. The van der Waals surface area contributed by atoms with Gasteiger partial charge in [0.2, 0.25) is 5.71 Å². The third-order valence-electron chi connectivity index (χ3n) is 6.28. The van der Waals surface area contributed by atoms with Crippen molar-refractivity contribution in [3.05, 3.63) is 65.3 Å². The lowest BCUT2D eigenvalue weighted by atomic mass is 9.81. The summed E-state index contributed by atoms with van der Waals surface area (Å²) in [7, 11) is 2.07. The average molecular weight is 345 g/mol. The fourth-order valence-corrected chi connectivity index (χ4v) is 4.96. The topological polar surface area (TPSA) is 17.2 Å². The van der Waals surface area contributed by atoms with Crippen molar-refractivity contribution in [2.75, 3.05) is 7.05 Å². The van der Waals surface area contributed by atoms with Gasteiger partial charge in [0, 0.05) is 16.8 Å². The first-order valence-corrected chi connectivity index (χ1v) is 8.95. The second-order valence-corrected chi connectivity index (χ2v) is 7.47. The summed E-state index contributed by atoms with van der Waals surface area (Å²) in [5, 5.41) is 1.68. The van der Waals surface area contributed by atoms with Crippen LogP contribution in [0, 0.1) is 25.6 Å². The number of aromatic nitrogens is 1. The standard InChI is InChI=1S/C22H18FN2O/c1-11-12(2)20(23)18-13-6-4-5-7-14(13)25-15-10-26-16-8-9-24(3)21(19(15)16)17(11)22(18)25/h4-10,16,19H,1-3H3/q+1. The molecule has 2 aromatic carbocycles. The molecule has 0 aliphatic carbocycles. The largest absolute Gasteiger partial charge is 0.491 e. The molecule has 0 radical (unpaired) electrons. The first-order chi connectivity index (χ1) is 12.6. The van der Waals surface area contributed by atoms with E-state index in [9.17, 15) is 0 Å².